The van der Waals surface area contributed by atoms with E-state index in [9.17, 15) is 0 Å². The molecule has 3 heteroatoms. The molecule has 0 radical (unpaired) electrons. The normalized spacial score (nSPS) is 10.9. The highest BCUT2D eigenvalue weighted by atomic mass is 14.9. The summed E-state index contributed by atoms with van der Waals surface area (Å²) < 4.78 is 0. The molecule has 1 rings (SSSR count). The fraction of sp³-hybridized carbons (Fsp3) is 0.533. The Kier molecular flexibility index (Phi) is 7.69. The molecule has 0 aliphatic carbocycles. The van der Waals surface area contributed by atoms with Crippen molar-refractivity contribution in [2.75, 3.05) is 24.1 Å². The van der Waals surface area contributed by atoms with Crippen molar-refractivity contribution >= 4 is 17.6 Å². The molecule has 0 fully saturated rings. The maximum Gasteiger partial charge on any atom is 0.0576 e. The first-order chi connectivity index (χ1) is 8.84. The summed E-state index contributed by atoms with van der Waals surface area (Å²) in [5.41, 5.74) is 7.58. The number of para-hydroxylation sites is 2. The van der Waals surface area contributed by atoms with Gasteiger partial charge in [-0.25, -0.2) is 0 Å². The fourth-order valence-electron chi connectivity index (χ4n) is 1.78. The molecule has 18 heavy (non-hydrogen) atoms. The molecule has 0 heterocycles. The first kappa shape index (κ1) is 14.6. The highest BCUT2D eigenvalue weighted by Crippen LogP contribution is 2.15. The van der Waals surface area contributed by atoms with E-state index < -0.39 is 0 Å². The van der Waals surface area contributed by atoms with E-state index in [1.807, 2.05) is 30.5 Å². The van der Waals surface area contributed by atoms with Gasteiger partial charge in [0, 0.05) is 19.3 Å². The van der Waals surface area contributed by atoms with E-state index in [2.05, 4.69) is 17.2 Å². The average molecular weight is 247 g/mol. The van der Waals surface area contributed by atoms with Crippen molar-refractivity contribution in [1.82, 2.24) is 0 Å². The first-order valence-corrected chi connectivity index (χ1v) is 6.91. The molecule has 0 saturated carbocycles. The zero-order valence-corrected chi connectivity index (χ0v) is 11.4. The third-order valence-electron chi connectivity index (χ3n) is 2.86. The van der Waals surface area contributed by atoms with Gasteiger partial charge in [0.05, 0.1) is 11.4 Å². The van der Waals surface area contributed by atoms with Gasteiger partial charge in [0.1, 0.15) is 0 Å². The standard InChI is InChI=1S/C15H25N3/c1-2-3-4-5-8-11-17-12-13-18-15-10-7-6-9-14(15)16/h6-7,9-10,12,18H,2-5,8,11,13,16H2,1H3. The molecule has 0 aliphatic rings. The van der Waals surface area contributed by atoms with Gasteiger partial charge in [-0.3, -0.25) is 4.99 Å². The van der Waals surface area contributed by atoms with Crippen molar-refractivity contribution in [3.63, 3.8) is 0 Å². The van der Waals surface area contributed by atoms with Gasteiger partial charge in [0.2, 0.25) is 0 Å². The minimum Gasteiger partial charge on any atom is -0.397 e. The Balaban J connectivity index is 2.05. The summed E-state index contributed by atoms with van der Waals surface area (Å²) in [4.78, 5) is 4.39. The van der Waals surface area contributed by atoms with Crippen LogP contribution in [0.2, 0.25) is 0 Å². The Bertz CT molecular complexity index is 347. The van der Waals surface area contributed by atoms with Crippen LogP contribution in [0.4, 0.5) is 11.4 Å². The quantitative estimate of drug-likeness (QED) is 0.397. The molecule has 0 bridgehead atoms. The Labute approximate surface area is 111 Å². The van der Waals surface area contributed by atoms with Crippen LogP contribution in [-0.2, 0) is 0 Å². The highest BCUT2D eigenvalue weighted by molar-refractivity contribution is 5.71. The van der Waals surface area contributed by atoms with E-state index >= 15 is 0 Å². The van der Waals surface area contributed by atoms with E-state index in [1.54, 1.807) is 0 Å². The fourth-order valence-corrected chi connectivity index (χ4v) is 1.78. The second-order valence-electron chi connectivity index (χ2n) is 4.47. The van der Waals surface area contributed by atoms with Gasteiger partial charge in [-0.1, -0.05) is 44.7 Å². The van der Waals surface area contributed by atoms with Gasteiger partial charge in [-0.2, -0.15) is 0 Å². The van der Waals surface area contributed by atoms with Crippen LogP contribution in [0.15, 0.2) is 29.3 Å². The Hall–Kier alpha value is -1.51. The number of hydrogen-bond donors (Lipinski definition) is 2. The van der Waals surface area contributed by atoms with Crippen LogP contribution in [0.3, 0.4) is 0 Å². The number of nitrogens with one attached hydrogen (secondary N) is 1. The number of hydrogen-bond acceptors (Lipinski definition) is 3. The third kappa shape index (κ3) is 6.28. The van der Waals surface area contributed by atoms with E-state index in [0.717, 1.165) is 24.5 Å². The average Bonchev–Trinajstić information content (AvgIpc) is 2.39. The SMILES string of the molecule is CCCCCCCN=CCNc1ccccc1N. The minimum atomic E-state index is 0.739. The second-order valence-corrected chi connectivity index (χ2v) is 4.47. The van der Waals surface area contributed by atoms with Gasteiger partial charge in [0.15, 0.2) is 0 Å². The maximum absolute atomic E-state index is 5.82. The maximum atomic E-state index is 5.82. The predicted octanol–water partition coefficient (Wildman–Crippen LogP) is 3.72. The number of benzene rings is 1. The Morgan fingerprint density at radius 2 is 1.94 bits per heavy atom. The Morgan fingerprint density at radius 3 is 2.72 bits per heavy atom. The van der Waals surface area contributed by atoms with Crippen LogP contribution in [0, 0.1) is 0 Å². The predicted molar refractivity (Wildman–Crippen MR) is 81.5 cm³/mol. The molecule has 0 saturated heterocycles. The molecule has 0 spiro atoms. The molecule has 100 valence electrons. The number of aliphatic imine (C=N–C) groups is 1. The molecular formula is C15H25N3. The topological polar surface area (TPSA) is 50.4 Å². The van der Waals surface area contributed by atoms with E-state index in [1.165, 1.54) is 32.1 Å². The molecule has 3 N–H and O–H groups in total. The zero-order chi connectivity index (χ0) is 13.1. The number of nitrogens with zero attached hydrogens (tertiary/aromatic N) is 1. The van der Waals surface area contributed by atoms with Crippen LogP contribution in [0.5, 0.6) is 0 Å². The van der Waals surface area contributed by atoms with Gasteiger partial charge in [0.25, 0.3) is 0 Å². The number of nitrogen functional groups attached to an aromatic ring is 1. The van der Waals surface area contributed by atoms with E-state index in [4.69, 9.17) is 5.73 Å². The molecule has 0 unspecified atom stereocenters. The van der Waals surface area contributed by atoms with Crippen LogP contribution in [0.25, 0.3) is 0 Å². The van der Waals surface area contributed by atoms with Crippen molar-refractivity contribution in [3.05, 3.63) is 24.3 Å². The van der Waals surface area contributed by atoms with Gasteiger partial charge < -0.3 is 11.1 Å². The molecule has 0 aliphatic heterocycles. The lowest BCUT2D eigenvalue weighted by Gasteiger charge is -2.05. The van der Waals surface area contributed by atoms with E-state index in [0.29, 0.717) is 0 Å². The summed E-state index contributed by atoms with van der Waals surface area (Å²) in [6.45, 7) is 3.91. The molecule has 0 aromatic heterocycles. The summed E-state index contributed by atoms with van der Waals surface area (Å²) in [7, 11) is 0. The minimum absolute atomic E-state index is 0.739. The van der Waals surface area contributed by atoms with Crippen LogP contribution in [0.1, 0.15) is 39.0 Å². The third-order valence-corrected chi connectivity index (χ3v) is 2.86. The van der Waals surface area contributed by atoms with Crippen LogP contribution < -0.4 is 11.1 Å². The zero-order valence-electron chi connectivity index (χ0n) is 11.4. The Morgan fingerprint density at radius 1 is 1.17 bits per heavy atom. The van der Waals surface area contributed by atoms with E-state index in [-0.39, 0.29) is 0 Å². The van der Waals surface area contributed by atoms with Gasteiger partial charge in [-0.15, -0.1) is 0 Å². The number of unbranched alkanes of at least 4 members (excludes halogenated alkanes) is 4. The summed E-state index contributed by atoms with van der Waals surface area (Å²) in [6, 6.07) is 7.79. The lowest BCUT2D eigenvalue weighted by molar-refractivity contribution is 0.639. The molecule has 1 aromatic rings. The van der Waals surface area contributed by atoms with Gasteiger partial charge in [-0.05, 0) is 18.6 Å². The van der Waals surface area contributed by atoms with Crippen molar-refractivity contribution in [3.8, 4) is 0 Å². The van der Waals surface area contributed by atoms with Crippen molar-refractivity contribution in [1.29, 1.82) is 0 Å². The second kappa shape index (κ2) is 9.51. The number of anilines is 2. The lowest BCUT2D eigenvalue weighted by Crippen LogP contribution is -2.05. The molecule has 0 atom stereocenters. The van der Waals surface area contributed by atoms with Crippen molar-refractivity contribution < 1.29 is 0 Å². The van der Waals surface area contributed by atoms with Crippen LogP contribution >= 0.6 is 0 Å². The molecule has 3 nitrogen and oxygen atoms in total. The largest absolute Gasteiger partial charge is 0.397 e. The summed E-state index contributed by atoms with van der Waals surface area (Å²) in [5.74, 6) is 0. The van der Waals surface area contributed by atoms with Crippen LogP contribution in [-0.4, -0.2) is 19.3 Å². The highest BCUT2D eigenvalue weighted by Gasteiger charge is 1.93. The first-order valence-electron chi connectivity index (χ1n) is 6.91. The summed E-state index contributed by atoms with van der Waals surface area (Å²) >= 11 is 0. The van der Waals surface area contributed by atoms with Crippen molar-refractivity contribution in [2.24, 2.45) is 4.99 Å². The lowest BCUT2D eigenvalue weighted by atomic mass is 10.2. The molecule has 0 amide bonds. The molecular weight excluding hydrogens is 222 g/mol. The summed E-state index contributed by atoms with van der Waals surface area (Å²) in [5, 5.41) is 3.25. The van der Waals surface area contributed by atoms with Crippen molar-refractivity contribution in [2.45, 2.75) is 39.0 Å². The smallest absolute Gasteiger partial charge is 0.0576 e. The monoisotopic (exact) mass is 247 g/mol. The summed E-state index contributed by atoms with van der Waals surface area (Å²) in [6.07, 6.45) is 8.41. The van der Waals surface area contributed by atoms with Gasteiger partial charge >= 0.3 is 0 Å². The molecule has 1 aromatic carbocycles. The number of rotatable bonds is 9. The number of nitrogens with two attached hydrogens (primary N) is 1.